The molecule has 1 aromatic carbocycles. The summed E-state index contributed by atoms with van der Waals surface area (Å²) in [4.78, 5) is 22.9. The number of hydrogen-bond donors (Lipinski definition) is 5. The molecule has 1 aliphatic rings. The summed E-state index contributed by atoms with van der Waals surface area (Å²) in [7, 11) is 0. The Morgan fingerprint density at radius 1 is 1.03 bits per heavy atom. The number of primary amides is 1. The van der Waals surface area contributed by atoms with Crippen molar-refractivity contribution >= 4 is 29.2 Å². The molecule has 9 nitrogen and oxygen atoms in total. The van der Waals surface area contributed by atoms with Gasteiger partial charge in [-0.15, -0.1) is 10.2 Å². The number of nitrogens with one attached hydrogen (secondary N) is 3. The van der Waals surface area contributed by atoms with Gasteiger partial charge in [0, 0.05) is 17.8 Å². The Morgan fingerprint density at radius 2 is 1.69 bits per heavy atom. The van der Waals surface area contributed by atoms with Gasteiger partial charge in [-0.05, 0) is 49.9 Å². The van der Waals surface area contributed by atoms with Crippen molar-refractivity contribution in [3.05, 3.63) is 41.1 Å². The van der Waals surface area contributed by atoms with Gasteiger partial charge in [0.1, 0.15) is 0 Å². The van der Waals surface area contributed by atoms with E-state index in [9.17, 15) is 9.59 Å². The largest absolute Gasteiger partial charge is 0.465 e. The van der Waals surface area contributed by atoms with Crippen LogP contribution in [0, 0.1) is 13.8 Å². The summed E-state index contributed by atoms with van der Waals surface area (Å²) in [5.74, 6) is -0.232. The lowest BCUT2D eigenvalue weighted by Gasteiger charge is -2.32. The number of carbonyl (C=O) groups excluding carboxylic acids is 1. The zero-order chi connectivity index (χ0) is 21.0. The number of rotatable bonds is 6. The van der Waals surface area contributed by atoms with Crippen molar-refractivity contribution in [3.8, 4) is 0 Å². The highest BCUT2D eigenvalue weighted by atomic mass is 16.4. The van der Waals surface area contributed by atoms with Gasteiger partial charge in [-0.2, -0.15) is 0 Å². The molecule has 0 bridgehead atoms. The fourth-order valence-electron chi connectivity index (χ4n) is 3.77. The van der Waals surface area contributed by atoms with E-state index in [0.29, 0.717) is 11.5 Å². The SMILES string of the molecule is Cc1cc(C)cc(Nc2cc(N[C@@H]3CCCC[C@@H]3NC(=O)O)nnc2C(N)=O)c1. The third-order valence-corrected chi connectivity index (χ3v) is 4.94. The maximum absolute atomic E-state index is 11.8. The zero-order valence-corrected chi connectivity index (χ0v) is 16.5. The van der Waals surface area contributed by atoms with Crippen molar-refractivity contribution in [2.75, 3.05) is 10.6 Å². The van der Waals surface area contributed by atoms with Crippen molar-refractivity contribution in [1.82, 2.24) is 15.5 Å². The number of nitrogens with zero attached hydrogens (tertiary/aromatic N) is 2. The number of hydrogen-bond acceptors (Lipinski definition) is 6. The van der Waals surface area contributed by atoms with Gasteiger partial charge in [-0.3, -0.25) is 4.79 Å². The third kappa shape index (κ3) is 5.34. The van der Waals surface area contributed by atoms with Crippen LogP contribution in [0.4, 0.5) is 22.0 Å². The van der Waals surface area contributed by atoms with Crippen LogP contribution in [0.3, 0.4) is 0 Å². The lowest BCUT2D eigenvalue weighted by molar-refractivity contribution is 0.0995. The molecular weight excluding hydrogens is 372 g/mol. The molecule has 9 heteroatoms. The van der Waals surface area contributed by atoms with Crippen LogP contribution in [0.25, 0.3) is 0 Å². The fraction of sp³-hybridized carbons (Fsp3) is 0.400. The molecule has 0 saturated heterocycles. The maximum Gasteiger partial charge on any atom is 0.404 e. The Morgan fingerprint density at radius 3 is 2.31 bits per heavy atom. The van der Waals surface area contributed by atoms with E-state index in [1.165, 1.54) is 0 Å². The second-order valence-electron chi connectivity index (χ2n) is 7.45. The molecule has 2 aromatic rings. The van der Waals surface area contributed by atoms with Crippen LogP contribution in [0.15, 0.2) is 24.3 Å². The summed E-state index contributed by atoms with van der Waals surface area (Å²) in [5.41, 5.74) is 8.92. The number of carbonyl (C=O) groups is 2. The molecule has 2 amide bonds. The van der Waals surface area contributed by atoms with E-state index in [1.807, 2.05) is 26.0 Å². The Labute approximate surface area is 169 Å². The predicted molar refractivity (Wildman–Crippen MR) is 111 cm³/mol. The molecule has 0 spiro atoms. The van der Waals surface area contributed by atoms with Crippen LogP contribution < -0.4 is 21.7 Å². The lowest BCUT2D eigenvalue weighted by atomic mass is 9.90. The first-order chi connectivity index (χ1) is 13.8. The molecular formula is C20H26N6O3. The standard InChI is InChI=1S/C20H26N6O3/c1-11-7-12(2)9-13(8-11)22-16-10-17(25-26-18(16)19(21)27)23-14-5-3-4-6-15(14)24-20(28)29/h7-10,14-15,24H,3-6H2,1-2H3,(H2,21,27)(H,28,29)(H2,22,23,25)/t14-,15+/m1/s1. The summed E-state index contributed by atoms with van der Waals surface area (Å²) < 4.78 is 0. The molecule has 1 aromatic heterocycles. The monoisotopic (exact) mass is 398 g/mol. The van der Waals surface area contributed by atoms with Crippen molar-refractivity contribution in [3.63, 3.8) is 0 Å². The van der Waals surface area contributed by atoms with Gasteiger partial charge in [0.2, 0.25) is 0 Å². The number of benzene rings is 1. The minimum atomic E-state index is -1.05. The van der Waals surface area contributed by atoms with E-state index in [0.717, 1.165) is 42.5 Å². The minimum Gasteiger partial charge on any atom is -0.465 e. The normalized spacial score (nSPS) is 18.7. The minimum absolute atomic E-state index is 0.0403. The van der Waals surface area contributed by atoms with Gasteiger partial charge in [0.05, 0.1) is 11.7 Å². The summed E-state index contributed by atoms with van der Waals surface area (Å²) in [6.07, 6.45) is 2.48. The molecule has 0 aliphatic heterocycles. The van der Waals surface area contributed by atoms with E-state index in [2.05, 4.69) is 32.2 Å². The number of amides is 2. The van der Waals surface area contributed by atoms with Gasteiger partial charge in [0.25, 0.3) is 5.91 Å². The van der Waals surface area contributed by atoms with Gasteiger partial charge >= 0.3 is 6.09 Å². The number of aryl methyl sites for hydroxylation is 2. The number of nitrogens with two attached hydrogens (primary N) is 1. The summed E-state index contributed by atoms with van der Waals surface area (Å²) in [6, 6.07) is 7.32. The average molecular weight is 398 g/mol. The topological polar surface area (TPSA) is 142 Å². The molecule has 1 aliphatic carbocycles. The quantitative estimate of drug-likeness (QED) is 0.503. The first-order valence-corrected chi connectivity index (χ1v) is 9.60. The number of anilines is 3. The first kappa shape index (κ1) is 20.4. The van der Waals surface area contributed by atoms with E-state index >= 15 is 0 Å². The van der Waals surface area contributed by atoms with Crippen molar-refractivity contribution in [1.29, 1.82) is 0 Å². The van der Waals surface area contributed by atoms with E-state index in [-0.39, 0.29) is 17.8 Å². The highest BCUT2D eigenvalue weighted by Gasteiger charge is 2.27. The molecule has 1 saturated carbocycles. The van der Waals surface area contributed by atoms with Gasteiger partial charge in [-0.1, -0.05) is 18.9 Å². The maximum atomic E-state index is 11.8. The third-order valence-electron chi connectivity index (χ3n) is 4.94. The summed E-state index contributed by atoms with van der Waals surface area (Å²) >= 11 is 0. The summed E-state index contributed by atoms with van der Waals surface area (Å²) in [6.45, 7) is 3.98. The van der Waals surface area contributed by atoms with Crippen LogP contribution in [0.1, 0.15) is 47.3 Å². The molecule has 0 unspecified atom stereocenters. The lowest BCUT2D eigenvalue weighted by Crippen LogP contribution is -2.48. The number of aromatic nitrogens is 2. The second kappa shape index (κ2) is 8.76. The van der Waals surface area contributed by atoms with Gasteiger partial charge in [-0.25, -0.2) is 4.79 Å². The van der Waals surface area contributed by atoms with Crippen LogP contribution in [-0.2, 0) is 0 Å². The molecule has 1 heterocycles. The molecule has 29 heavy (non-hydrogen) atoms. The van der Waals surface area contributed by atoms with E-state index in [1.54, 1.807) is 6.07 Å². The second-order valence-corrected chi connectivity index (χ2v) is 7.45. The highest BCUT2D eigenvalue weighted by Crippen LogP contribution is 2.26. The fourth-order valence-corrected chi connectivity index (χ4v) is 3.77. The van der Waals surface area contributed by atoms with Crippen molar-refractivity contribution < 1.29 is 14.7 Å². The highest BCUT2D eigenvalue weighted by molar-refractivity contribution is 5.97. The molecule has 1 fully saturated rings. The molecule has 3 rings (SSSR count). The van der Waals surface area contributed by atoms with E-state index in [4.69, 9.17) is 10.8 Å². The number of carboxylic acid groups (broad SMARTS) is 1. The molecule has 2 atom stereocenters. The Balaban J connectivity index is 1.85. The van der Waals surface area contributed by atoms with Crippen LogP contribution in [-0.4, -0.2) is 39.4 Å². The van der Waals surface area contributed by atoms with Crippen LogP contribution in [0.5, 0.6) is 0 Å². The predicted octanol–water partition coefficient (Wildman–Crippen LogP) is 2.93. The van der Waals surface area contributed by atoms with Crippen molar-refractivity contribution in [2.45, 2.75) is 51.6 Å². The van der Waals surface area contributed by atoms with Crippen LogP contribution in [0.2, 0.25) is 0 Å². The van der Waals surface area contributed by atoms with Crippen molar-refractivity contribution in [2.24, 2.45) is 5.73 Å². The molecule has 6 N–H and O–H groups in total. The Hall–Kier alpha value is -3.36. The van der Waals surface area contributed by atoms with Gasteiger partial charge in [0.15, 0.2) is 11.5 Å². The average Bonchev–Trinajstić information content (AvgIpc) is 2.62. The molecule has 154 valence electrons. The zero-order valence-electron chi connectivity index (χ0n) is 16.5. The Bertz CT molecular complexity index is 897. The smallest absolute Gasteiger partial charge is 0.404 e. The van der Waals surface area contributed by atoms with E-state index < -0.39 is 12.0 Å². The first-order valence-electron chi connectivity index (χ1n) is 9.60. The van der Waals surface area contributed by atoms with Gasteiger partial charge < -0.3 is 26.8 Å². The summed E-state index contributed by atoms with van der Waals surface area (Å²) in [5, 5.41) is 26.2. The molecule has 0 radical (unpaired) electrons. The Kier molecular flexibility index (Phi) is 6.16. The van der Waals surface area contributed by atoms with Crippen LogP contribution >= 0.6 is 0 Å².